The number of carbonyl (C=O) groups is 1. The van der Waals surface area contributed by atoms with Gasteiger partial charge in [0.05, 0.1) is 12.8 Å². The fraction of sp³-hybridized carbons (Fsp3) is 0.125. The second kappa shape index (κ2) is 6.90. The molecular formula is C16H15ClN2O2. The van der Waals surface area contributed by atoms with Gasteiger partial charge in [0.25, 0.3) is 5.91 Å². The van der Waals surface area contributed by atoms with E-state index in [9.17, 15) is 4.79 Å². The van der Waals surface area contributed by atoms with E-state index in [4.69, 9.17) is 16.3 Å². The third kappa shape index (κ3) is 3.61. The highest BCUT2D eigenvalue weighted by atomic mass is 35.5. The van der Waals surface area contributed by atoms with Crippen LogP contribution in [0.3, 0.4) is 0 Å². The molecular weight excluding hydrogens is 288 g/mol. The van der Waals surface area contributed by atoms with Crippen LogP contribution in [0.2, 0.25) is 5.02 Å². The van der Waals surface area contributed by atoms with Crippen molar-refractivity contribution in [1.82, 2.24) is 0 Å². The number of amides is 1. The first kappa shape index (κ1) is 15.1. The van der Waals surface area contributed by atoms with Crippen molar-refractivity contribution in [3.05, 3.63) is 59.1 Å². The van der Waals surface area contributed by atoms with Gasteiger partial charge >= 0.3 is 0 Å². The predicted molar refractivity (Wildman–Crippen MR) is 85.4 cm³/mol. The van der Waals surface area contributed by atoms with E-state index in [-0.39, 0.29) is 5.91 Å². The van der Waals surface area contributed by atoms with Gasteiger partial charge in [0.2, 0.25) is 0 Å². The largest absolute Gasteiger partial charge is 0.497 e. The van der Waals surface area contributed by atoms with Crippen molar-refractivity contribution in [2.75, 3.05) is 12.1 Å². The van der Waals surface area contributed by atoms with E-state index in [0.29, 0.717) is 16.3 Å². The van der Waals surface area contributed by atoms with Crippen LogP contribution in [0.5, 0.6) is 5.75 Å². The van der Waals surface area contributed by atoms with Gasteiger partial charge in [0.15, 0.2) is 0 Å². The van der Waals surface area contributed by atoms with Gasteiger partial charge in [-0.2, -0.15) is 10.1 Å². The first-order chi connectivity index (χ1) is 10.2. The molecule has 0 saturated heterocycles. The Hall–Kier alpha value is -2.33. The Balaban J connectivity index is 2.35. The molecule has 4 nitrogen and oxygen atoms in total. The van der Waals surface area contributed by atoms with Crippen LogP contribution in [-0.4, -0.2) is 19.2 Å². The van der Waals surface area contributed by atoms with Gasteiger partial charge in [0, 0.05) is 16.8 Å². The van der Waals surface area contributed by atoms with E-state index < -0.39 is 0 Å². The molecule has 0 radical (unpaired) electrons. The lowest BCUT2D eigenvalue weighted by Gasteiger charge is -2.17. The Labute approximate surface area is 128 Å². The van der Waals surface area contributed by atoms with E-state index in [1.54, 1.807) is 68.8 Å². The smallest absolute Gasteiger partial charge is 0.278 e. The molecule has 0 unspecified atom stereocenters. The van der Waals surface area contributed by atoms with Crippen molar-refractivity contribution in [3.8, 4) is 5.75 Å². The highest BCUT2D eigenvalue weighted by molar-refractivity contribution is 6.31. The van der Waals surface area contributed by atoms with E-state index in [1.165, 1.54) is 5.01 Å². The maximum absolute atomic E-state index is 12.6. The molecule has 0 heterocycles. The molecule has 0 aliphatic rings. The van der Waals surface area contributed by atoms with Gasteiger partial charge in [-0.3, -0.25) is 4.79 Å². The monoisotopic (exact) mass is 302 g/mol. The zero-order valence-electron chi connectivity index (χ0n) is 11.8. The van der Waals surface area contributed by atoms with Crippen LogP contribution < -0.4 is 9.75 Å². The van der Waals surface area contributed by atoms with Crippen LogP contribution in [0.15, 0.2) is 53.6 Å². The Morgan fingerprint density at radius 3 is 2.52 bits per heavy atom. The lowest BCUT2D eigenvalue weighted by molar-refractivity contribution is 0.0988. The number of rotatable bonds is 4. The van der Waals surface area contributed by atoms with Crippen molar-refractivity contribution in [2.45, 2.75) is 6.92 Å². The number of methoxy groups -OCH3 is 1. The number of ether oxygens (including phenoxy) is 1. The molecule has 2 rings (SSSR count). The molecule has 0 N–H and O–H groups in total. The Kier molecular flexibility index (Phi) is 4.95. The average molecular weight is 303 g/mol. The quantitative estimate of drug-likeness (QED) is 0.633. The average Bonchev–Trinajstić information content (AvgIpc) is 2.52. The van der Waals surface area contributed by atoms with E-state index >= 15 is 0 Å². The zero-order chi connectivity index (χ0) is 15.2. The SMILES string of the molecule is C/C=N\N(C(=O)c1cccc(Cl)c1)c1ccc(OC)cc1. The van der Waals surface area contributed by atoms with Crippen molar-refractivity contribution in [2.24, 2.45) is 5.10 Å². The Morgan fingerprint density at radius 2 is 1.95 bits per heavy atom. The van der Waals surface area contributed by atoms with Crippen molar-refractivity contribution < 1.29 is 9.53 Å². The molecule has 0 saturated carbocycles. The highest BCUT2D eigenvalue weighted by Crippen LogP contribution is 2.22. The fourth-order valence-electron chi connectivity index (χ4n) is 1.82. The second-order valence-corrected chi connectivity index (χ2v) is 4.64. The van der Waals surface area contributed by atoms with E-state index in [2.05, 4.69) is 5.10 Å². The normalized spacial score (nSPS) is 10.6. The zero-order valence-corrected chi connectivity index (χ0v) is 12.5. The Bertz CT molecular complexity index is 654. The molecule has 0 fully saturated rings. The van der Waals surface area contributed by atoms with Crippen LogP contribution in [0, 0.1) is 0 Å². The maximum Gasteiger partial charge on any atom is 0.278 e. The predicted octanol–water partition coefficient (Wildman–Crippen LogP) is 4.00. The molecule has 2 aromatic rings. The number of benzene rings is 2. The summed E-state index contributed by atoms with van der Waals surface area (Å²) < 4.78 is 5.11. The van der Waals surface area contributed by atoms with Gasteiger partial charge in [-0.15, -0.1) is 0 Å². The number of anilines is 1. The second-order valence-electron chi connectivity index (χ2n) is 4.20. The maximum atomic E-state index is 12.6. The van der Waals surface area contributed by atoms with Gasteiger partial charge < -0.3 is 4.74 Å². The minimum absolute atomic E-state index is 0.249. The number of hydrogen-bond acceptors (Lipinski definition) is 3. The molecule has 0 aromatic heterocycles. The summed E-state index contributed by atoms with van der Waals surface area (Å²) in [5.41, 5.74) is 1.13. The fourth-order valence-corrected chi connectivity index (χ4v) is 2.01. The molecule has 1 amide bonds. The molecule has 2 aromatic carbocycles. The summed E-state index contributed by atoms with van der Waals surface area (Å²) >= 11 is 5.93. The summed E-state index contributed by atoms with van der Waals surface area (Å²) in [6.07, 6.45) is 1.56. The minimum Gasteiger partial charge on any atom is -0.497 e. The van der Waals surface area contributed by atoms with Gasteiger partial charge in [-0.25, -0.2) is 0 Å². The van der Waals surface area contributed by atoms with Crippen LogP contribution in [-0.2, 0) is 0 Å². The molecule has 0 aliphatic heterocycles. The molecule has 5 heteroatoms. The topological polar surface area (TPSA) is 41.9 Å². The van der Waals surface area contributed by atoms with E-state index in [0.717, 1.165) is 5.75 Å². The molecule has 0 spiro atoms. The van der Waals surface area contributed by atoms with Crippen LogP contribution in [0.4, 0.5) is 5.69 Å². The number of carbonyl (C=O) groups excluding carboxylic acids is 1. The lowest BCUT2D eigenvalue weighted by Crippen LogP contribution is -2.25. The van der Waals surface area contributed by atoms with Crippen molar-refractivity contribution in [1.29, 1.82) is 0 Å². The summed E-state index contributed by atoms with van der Waals surface area (Å²) in [7, 11) is 1.59. The van der Waals surface area contributed by atoms with Crippen LogP contribution in [0.1, 0.15) is 17.3 Å². The summed E-state index contributed by atoms with van der Waals surface area (Å²) in [5, 5.41) is 5.97. The summed E-state index contributed by atoms with van der Waals surface area (Å²) in [5.74, 6) is 0.468. The minimum atomic E-state index is -0.249. The van der Waals surface area contributed by atoms with Gasteiger partial charge in [-0.05, 0) is 49.4 Å². The number of hydrazone groups is 1. The van der Waals surface area contributed by atoms with Crippen LogP contribution >= 0.6 is 11.6 Å². The van der Waals surface area contributed by atoms with Crippen molar-refractivity contribution >= 4 is 29.4 Å². The Morgan fingerprint density at radius 1 is 1.24 bits per heavy atom. The van der Waals surface area contributed by atoms with Gasteiger partial charge in [0.1, 0.15) is 5.75 Å². The van der Waals surface area contributed by atoms with E-state index in [1.807, 2.05) is 0 Å². The standard InChI is InChI=1S/C16H15ClN2O2/c1-3-18-19(14-7-9-15(21-2)10-8-14)16(20)12-5-4-6-13(17)11-12/h3-11H,1-2H3/b18-3-. The first-order valence-electron chi connectivity index (χ1n) is 6.38. The molecule has 0 atom stereocenters. The first-order valence-corrected chi connectivity index (χ1v) is 6.76. The van der Waals surface area contributed by atoms with Gasteiger partial charge in [-0.1, -0.05) is 17.7 Å². The third-order valence-electron chi connectivity index (χ3n) is 2.81. The molecule has 21 heavy (non-hydrogen) atoms. The number of nitrogens with zero attached hydrogens (tertiary/aromatic N) is 2. The number of halogens is 1. The molecule has 108 valence electrons. The highest BCUT2D eigenvalue weighted by Gasteiger charge is 2.17. The third-order valence-corrected chi connectivity index (χ3v) is 3.05. The van der Waals surface area contributed by atoms with Crippen LogP contribution in [0.25, 0.3) is 0 Å². The summed E-state index contributed by atoms with van der Waals surface area (Å²) in [4.78, 5) is 12.6. The lowest BCUT2D eigenvalue weighted by atomic mass is 10.2. The summed E-state index contributed by atoms with van der Waals surface area (Å²) in [6.45, 7) is 1.75. The number of hydrogen-bond donors (Lipinski definition) is 0. The molecule has 0 bridgehead atoms. The van der Waals surface area contributed by atoms with Crippen molar-refractivity contribution in [3.63, 3.8) is 0 Å². The summed E-state index contributed by atoms with van der Waals surface area (Å²) in [6, 6.07) is 13.9. The molecule has 0 aliphatic carbocycles.